The maximum Gasteiger partial charge on any atom is 0.101 e. The molecule has 0 saturated heterocycles. The Kier molecular flexibility index (Phi) is 8.31. The zero-order valence-electron chi connectivity index (χ0n) is 37.9. The van der Waals surface area contributed by atoms with Crippen molar-refractivity contribution in [2.75, 3.05) is 9.80 Å². The van der Waals surface area contributed by atoms with E-state index >= 15 is 0 Å². The van der Waals surface area contributed by atoms with Crippen molar-refractivity contribution < 1.29 is 0 Å². The average Bonchev–Trinajstić information content (AvgIpc) is 3.35. The van der Waals surface area contributed by atoms with Gasteiger partial charge in [-0.25, -0.2) is 0 Å². The van der Waals surface area contributed by atoms with Crippen LogP contribution in [0.5, 0.6) is 0 Å². The van der Waals surface area contributed by atoms with Crippen LogP contribution in [0, 0.1) is 0 Å². The molecular formula is C64H50N2. The zero-order valence-corrected chi connectivity index (χ0v) is 37.9. The molecule has 0 saturated carbocycles. The second-order valence-corrected chi connectivity index (χ2v) is 19.6. The third-order valence-electron chi connectivity index (χ3n) is 15.5. The summed E-state index contributed by atoms with van der Waals surface area (Å²) in [5.74, 6) is 0. The van der Waals surface area contributed by atoms with Crippen molar-refractivity contribution in [1.82, 2.24) is 0 Å². The summed E-state index contributed by atoms with van der Waals surface area (Å²) in [4.78, 5) is 5.33. The minimum absolute atomic E-state index is 0.194. The summed E-state index contributed by atoms with van der Waals surface area (Å²) in [6, 6.07) is 75.6. The van der Waals surface area contributed by atoms with Crippen LogP contribution in [0.3, 0.4) is 0 Å². The Morgan fingerprint density at radius 2 is 0.864 bits per heavy atom. The SMILES string of the molecule is CC1(C)c2ccccc2N(c2cccc3c2=C(c2ccc4ccccc4c2)C2=CC=CCC2(N2c4ccccc4C(C)(C)c4ccccc42)C=3c2ccc3ccccc3c2)c2ccccc21. The lowest BCUT2D eigenvalue weighted by Crippen LogP contribution is -2.58. The molecule has 0 bridgehead atoms. The topological polar surface area (TPSA) is 6.48 Å². The van der Waals surface area contributed by atoms with Crippen molar-refractivity contribution in [3.05, 3.63) is 268 Å². The van der Waals surface area contributed by atoms with Crippen molar-refractivity contribution in [2.45, 2.75) is 50.5 Å². The van der Waals surface area contributed by atoms with E-state index in [2.05, 4.69) is 256 Å². The molecule has 13 rings (SSSR count). The molecule has 2 aliphatic heterocycles. The minimum Gasteiger partial charge on any atom is -0.326 e. The van der Waals surface area contributed by atoms with Crippen molar-refractivity contribution >= 4 is 61.1 Å². The number of allylic oxidation sites excluding steroid dienone is 2. The molecule has 66 heavy (non-hydrogen) atoms. The van der Waals surface area contributed by atoms with Crippen LogP contribution < -0.4 is 20.2 Å². The smallest absolute Gasteiger partial charge is 0.101 e. The lowest BCUT2D eigenvalue weighted by molar-refractivity contribution is 0.572. The summed E-state index contributed by atoms with van der Waals surface area (Å²) in [5.41, 5.74) is 16.6. The number of benzene rings is 9. The van der Waals surface area contributed by atoms with E-state index in [1.54, 1.807) is 0 Å². The van der Waals surface area contributed by atoms with Gasteiger partial charge in [-0.3, -0.25) is 0 Å². The average molecular weight is 847 g/mol. The summed E-state index contributed by atoms with van der Waals surface area (Å²) in [7, 11) is 0. The lowest BCUT2D eigenvalue weighted by atomic mass is 9.63. The highest BCUT2D eigenvalue weighted by atomic mass is 15.2. The van der Waals surface area contributed by atoms with Gasteiger partial charge in [-0.15, -0.1) is 0 Å². The van der Waals surface area contributed by atoms with Gasteiger partial charge in [0.2, 0.25) is 0 Å². The molecule has 1 unspecified atom stereocenters. The largest absolute Gasteiger partial charge is 0.326 e. The van der Waals surface area contributed by atoms with Gasteiger partial charge in [0.15, 0.2) is 0 Å². The predicted octanol–water partition coefficient (Wildman–Crippen LogP) is 14.6. The molecule has 0 N–H and O–H groups in total. The summed E-state index contributed by atoms with van der Waals surface area (Å²) in [6.45, 7) is 9.55. The highest BCUT2D eigenvalue weighted by Crippen LogP contribution is 2.59. The molecule has 2 heteroatoms. The molecule has 0 radical (unpaired) electrons. The highest BCUT2D eigenvalue weighted by Gasteiger charge is 2.53. The van der Waals surface area contributed by atoms with Gasteiger partial charge in [0.1, 0.15) is 5.54 Å². The molecule has 9 aromatic carbocycles. The van der Waals surface area contributed by atoms with E-state index in [1.165, 1.54) is 111 Å². The van der Waals surface area contributed by atoms with Crippen LogP contribution in [-0.4, -0.2) is 5.54 Å². The highest BCUT2D eigenvalue weighted by molar-refractivity contribution is 6.03. The van der Waals surface area contributed by atoms with Crippen LogP contribution >= 0.6 is 0 Å². The van der Waals surface area contributed by atoms with Crippen LogP contribution in [0.4, 0.5) is 28.4 Å². The van der Waals surface area contributed by atoms with Crippen molar-refractivity contribution in [2.24, 2.45) is 0 Å². The molecule has 0 amide bonds. The minimum atomic E-state index is -0.674. The van der Waals surface area contributed by atoms with Crippen molar-refractivity contribution in [3.63, 3.8) is 0 Å². The molecule has 9 aromatic rings. The standard InChI is InChI=1S/C64H50N2/c1-62(2)49-25-9-13-30-54(49)65(55-31-14-10-26-50(55)62)58-34-19-24-48-60(58)59(46-37-35-42-20-5-7-22-44(42)40-46)53-29-17-18-39-64(53,61(48)47-38-36-43-21-6-8-23-45(43)41-47)66-56-32-15-11-27-51(56)63(3,4)52-28-12-16-33-57(52)66/h5-38,40-41H,39H2,1-4H3. The molecule has 0 spiro atoms. The second kappa shape index (κ2) is 14.2. The van der Waals surface area contributed by atoms with Crippen LogP contribution in [0.2, 0.25) is 0 Å². The van der Waals surface area contributed by atoms with Crippen molar-refractivity contribution in [1.29, 1.82) is 0 Å². The van der Waals surface area contributed by atoms with Gasteiger partial charge in [0, 0.05) is 27.4 Å². The van der Waals surface area contributed by atoms with Gasteiger partial charge in [-0.1, -0.05) is 204 Å². The normalized spacial score (nSPS) is 18.5. The molecule has 316 valence electrons. The molecule has 2 heterocycles. The Morgan fingerprint density at radius 3 is 1.44 bits per heavy atom. The van der Waals surface area contributed by atoms with E-state index in [-0.39, 0.29) is 10.8 Å². The molecule has 0 fully saturated rings. The molecule has 4 aliphatic rings. The summed E-state index contributed by atoms with van der Waals surface area (Å²) >= 11 is 0. The molecule has 1 atom stereocenters. The summed E-state index contributed by atoms with van der Waals surface area (Å²) in [6.07, 6.45) is 7.97. The Bertz CT molecular complexity index is 3610. The first-order valence-corrected chi connectivity index (χ1v) is 23.5. The van der Waals surface area contributed by atoms with E-state index in [0.717, 1.165) is 6.42 Å². The third kappa shape index (κ3) is 5.30. The molecular weight excluding hydrogens is 797 g/mol. The number of rotatable bonds is 4. The van der Waals surface area contributed by atoms with Gasteiger partial charge in [-0.2, -0.15) is 0 Å². The van der Waals surface area contributed by atoms with Crippen LogP contribution in [0.25, 0.3) is 32.7 Å². The fraction of sp³-hybridized carbons (Fsp3) is 0.125. The first-order chi connectivity index (χ1) is 32.3. The number of hydrogen-bond acceptors (Lipinski definition) is 2. The van der Waals surface area contributed by atoms with E-state index in [9.17, 15) is 0 Å². The quantitative estimate of drug-likeness (QED) is 0.174. The first-order valence-electron chi connectivity index (χ1n) is 23.5. The van der Waals surface area contributed by atoms with E-state index in [1.807, 2.05) is 0 Å². The fourth-order valence-electron chi connectivity index (χ4n) is 12.4. The number of anilines is 5. The molecule has 2 aliphatic carbocycles. The van der Waals surface area contributed by atoms with Gasteiger partial charge >= 0.3 is 0 Å². The van der Waals surface area contributed by atoms with Crippen LogP contribution in [0.15, 0.2) is 224 Å². The van der Waals surface area contributed by atoms with E-state index in [4.69, 9.17) is 0 Å². The van der Waals surface area contributed by atoms with Crippen LogP contribution in [-0.2, 0) is 10.8 Å². The second-order valence-electron chi connectivity index (χ2n) is 19.6. The maximum atomic E-state index is 2.76. The molecule has 0 aromatic heterocycles. The van der Waals surface area contributed by atoms with Gasteiger partial charge < -0.3 is 9.80 Å². The van der Waals surface area contributed by atoms with Crippen LogP contribution in [0.1, 0.15) is 67.5 Å². The fourth-order valence-corrected chi connectivity index (χ4v) is 12.4. The summed E-state index contributed by atoms with van der Waals surface area (Å²) < 4.78 is 0. The van der Waals surface area contributed by atoms with E-state index < -0.39 is 5.54 Å². The Morgan fingerprint density at radius 1 is 0.409 bits per heavy atom. The number of para-hydroxylation sites is 4. The lowest BCUT2D eigenvalue weighted by Gasteiger charge is -2.55. The van der Waals surface area contributed by atoms with E-state index in [0.29, 0.717) is 0 Å². The van der Waals surface area contributed by atoms with Gasteiger partial charge in [0.25, 0.3) is 0 Å². The first kappa shape index (κ1) is 38.8. The Balaban J connectivity index is 1.26. The van der Waals surface area contributed by atoms with Crippen molar-refractivity contribution in [3.8, 4) is 0 Å². The third-order valence-corrected chi connectivity index (χ3v) is 15.5. The van der Waals surface area contributed by atoms with Gasteiger partial charge in [-0.05, 0) is 126 Å². The Labute approximate surface area is 387 Å². The van der Waals surface area contributed by atoms with Gasteiger partial charge in [0.05, 0.1) is 17.1 Å². The molecule has 2 nitrogen and oxygen atoms in total. The maximum absolute atomic E-state index is 2.76. The number of hydrogen-bond donors (Lipinski definition) is 0. The predicted molar refractivity (Wildman–Crippen MR) is 277 cm³/mol. The monoisotopic (exact) mass is 846 g/mol. The Hall–Kier alpha value is -7.68. The summed E-state index contributed by atoms with van der Waals surface area (Å²) in [5, 5.41) is 7.44. The zero-order chi connectivity index (χ0) is 44.4. The number of nitrogens with zero attached hydrogens (tertiary/aromatic N) is 2. The number of fused-ring (bicyclic) bond motifs is 8.